The minimum atomic E-state index is -0.703. The lowest BCUT2D eigenvalue weighted by molar-refractivity contribution is -0.133. The van der Waals surface area contributed by atoms with Gasteiger partial charge in [0.05, 0.1) is 23.0 Å². The van der Waals surface area contributed by atoms with Gasteiger partial charge in [-0.2, -0.15) is 0 Å². The van der Waals surface area contributed by atoms with E-state index in [1.165, 1.54) is 0 Å². The minimum Gasteiger partial charge on any atom is -0.388 e. The molecular formula is C17H26N4O2. The summed E-state index contributed by atoms with van der Waals surface area (Å²) in [5, 5.41) is 10.9. The summed E-state index contributed by atoms with van der Waals surface area (Å²) >= 11 is 0. The quantitative estimate of drug-likeness (QED) is 0.909. The molecule has 0 spiro atoms. The van der Waals surface area contributed by atoms with Crippen molar-refractivity contribution >= 4 is 5.91 Å². The Labute approximate surface area is 137 Å². The van der Waals surface area contributed by atoms with Crippen LogP contribution in [-0.2, 0) is 4.79 Å². The molecule has 0 radical (unpaired) electrons. The van der Waals surface area contributed by atoms with Gasteiger partial charge in [0.2, 0.25) is 5.91 Å². The molecule has 0 bridgehead atoms. The maximum absolute atomic E-state index is 11.4. The predicted molar refractivity (Wildman–Crippen MR) is 86.8 cm³/mol. The molecule has 3 heterocycles. The molecule has 23 heavy (non-hydrogen) atoms. The van der Waals surface area contributed by atoms with Crippen LogP contribution in [0, 0.1) is 6.92 Å². The van der Waals surface area contributed by atoms with Crippen LogP contribution >= 0.6 is 0 Å². The molecule has 1 atom stereocenters. The van der Waals surface area contributed by atoms with Gasteiger partial charge in [-0.3, -0.25) is 19.7 Å². The van der Waals surface area contributed by atoms with Crippen molar-refractivity contribution in [2.24, 2.45) is 0 Å². The highest BCUT2D eigenvalue weighted by Gasteiger charge is 2.38. The molecule has 2 aliphatic rings. The van der Waals surface area contributed by atoms with Crippen molar-refractivity contribution in [3.8, 4) is 0 Å². The Hall–Kier alpha value is -1.53. The number of hydrogen-bond acceptors (Lipinski definition) is 5. The Kier molecular flexibility index (Phi) is 4.64. The van der Waals surface area contributed by atoms with Crippen molar-refractivity contribution in [3.63, 3.8) is 0 Å². The molecule has 1 unspecified atom stereocenters. The molecule has 1 amide bonds. The Bertz CT molecular complexity index is 569. The molecule has 1 aromatic rings. The zero-order valence-corrected chi connectivity index (χ0v) is 14.0. The van der Waals surface area contributed by atoms with E-state index >= 15 is 0 Å². The summed E-state index contributed by atoms with van der Waals surface area (Å²) in [6.07, 6.45) is 7.10. The lowest BCUT2D eigenvalue weighted by Gasteiger charge is -2.41. The summed E-state index contributed by atoms with van der Waals surface area (Å²) in [5.41, 5.74) is 1.24. The number of rotatable bonds is 3. The predicted octanol–water partition coefficient (Wildman–Crippen LogP) is 1.30. The standard InChI is InChI=1S/C17H26N4O2/c1-13-10-18-11-15(19-13)16-4-3-7-21(16)12-17(23)5-8-20(9-6-17)14(2)22/h10-11,16,23H,3-9,12H2,1-2H3. The van der Waals surface area contributed by atoms with Gasteiger partial charge in [-0.05, 0) is 39.2 Å². The van der Waals surface area contributed by atoms with Crippen LogP contribution in [0.3, 0.4) is 0 Å². The lowest BCUT2D eigenvalue weighted by atomic mass is 9.90. The first kappa shape index (κ1) is 16.3. The maximum atomic E-state index is 11.4. The fourth-order valence-corrected chi connectivity index (χ4v) is 3.77. The fourth-order valence-electron chi connectivity index (χ4n) is 3.77. The van der Waals surface area contributed by atoms with Crippen LogP contribution < -0.4 is 0 Å². The van der Waals surface area contributed by atoms with Gasteiger partial charge in [-0.25, -0.2) is 0 Å². The monoisotopic (exact) mass is 318 g/mol. The second-order valence-corrected chi connectivity index (χ2v) is 6.94. The minimum absolute atomic E-state index is 0.0983. The van der Waals surface area contributed by atoms with Crippen LogP contribution in [0.25, 0.3) is 0 Å². The molecule has 0 aromatic carbocycles. The van der Waals surface area contributed by atoms with E-state index in [9.17, 15) is 9.90 Å². The molecule has 2 saturated heterocycles. The number of carbonyl (C=O) groups excluding carboxylic acids is 1. The van der Waals surface area contributed by atoms with Gasteiger partial charge in [0, 0.05) is 39.0 Å². The molecule has 1 N–H and O–H groups in total. The van der Waals surface area contributed by atoms with Crippen molar-refractivity contribution < 1.29 is 9.90 Å². The Morgan fingerprint density at radius 2 is 2.09 bits per heavy atom. The summed E-state index contributed by atoms with van der Waals surface area (Å²) in [4.78, 5) is 24.5. The van der Waals surface area contributed by atoms with Crippen LogP contribution in [0.1, 0.15) is 50.0 Å². The fraction of sp³-hybridized carbons (Fsp3) is 0.706. The van der Waals surface area contributed by atoms with E-state index in [0.29, 0.717) is 32.5 Å². The van der Waals surface area contributed by atoms with Crippen LogP contribution in [0.2, 0.25) is 0 Å². The second kappa shape index (κ2) is 6.53. The third-order valence-corrected chi connectivity index (χ3v) is 5.12. The molecule has 126 valence electrons. The van der Waals surface area contributed by atoms with Crippen LogP contribution in [-0.4, -0.2) is 62.6 Å². The first-order chi connectivity index (χ1) is 11.0. The SMILES string of the molecule is CC(=O)N1CCC(O)(CN2CCCC2c2cncc(C)n2)CC1. The molecule has 1 aromatic heterocycles. The van der Waals surface area contributed by atoms with Gasteiger partial charge >= 0.3 is 0 Å². The van der Waals surface area contributed by atoms with Crippen molar-refractivity contribution in [2.75, 3.05) is 26.2 Å². The smallest absolute Gasteiger partial charge is 0.219 e. The summed E-state index contributed by atoms with van der Waals surface area (Å²) < 4.78 is 0. The number of aromatic nitrogens is 2. The largest absolute Gasteiger partial charge is 0.388 e. The van der Waals surface area contributed by atoms with E-state index in [0.717, 1.165) is 30.8 Å². The number of nitrogens with zero attached hydrogens (tertiary/aromatic N) is 4. The molecule has 6 nitrogen and oxygen atoms in total. The summed E-state index contributed by atoms with van der Waals surface area (Å²) in [7, 11) is 0. The van der Waals surface area contributed by atoms with Gasteiger partial charge in [0.1, 0.15) is 0 Å². The van der Waals surface area contributed by atoms with E-state index in [2.05, 4.69) is 14.9 Å². The maximum Gasteiger partial charge on any atom is 0.219 e. The summed E-state index contributed by atoms with van der Waals surface area (Å²) in [5.74, 6) is 0.0983. The van der Waals surface area contributed by atoms with Gasteiger partial charge in [-0.1, -0.05) is 0 Å². The number of β-amino-alcohol motifs (C(OH)–C–C–N with tert-alkyl or cyclic N) is 1. The van der Waals surface area contributed by atoms with E-state index in [1.807, 2.05) is 18.0 Å². The first-order valence-corrected chi connectivity index (χ1v) is 8.47. The zero-order valence-electron chi connectivity index (χ0n) is 14.0. The van der Waals surface area contributed by atoms with E-state index in [-0.39, 0.29) is 11.9 Å². The zero-order chi connectivity index (χ0) is 16.4. The highest BCUT2D eigenvalue weighted by atomic mass is 16.3. The van der Waals surface area contributed by atoms with Gasteiger partial charge < -0.3 is 10.0 Å². The third-order valence-electron chi connectivity index (χ3n) is 5.12. The molecule has 6 heteroatoms. The molecule has 0 saturated carbocycles. The van der Waals surface area contributed by atoms with Gasteiger partial charge in [-0.15, -0.1) is 0 Å². The number of carbonyl (C=O) groups is 1. The Morgan fingerprint density at radius 3 is 2.74 bits per heavy atom. The summed E-state index contributed by atoms with van der Waals surface area (Å²) in [6.45, 7) is 6.49. The second-order valence-electron chi connectivity index (χ2n) is 6.94. The number of likely N-dealkylation sites (tertiary alicyclic amines) is 2. The Morgan fingerprint density at radius 1 is 1.35 bits per heavy atom. The van der Waals surface area contributed by atoms with Gasteiger partial charge in [0.25, 0.3) is 0 Å². The number of amides is 1. The molecular weight excluding hydrogens is 292 g/mol. The normalized spacial score (nSPS) is 24.8. The number of piperidine rings is 1. The number of hydrogen-bond donors (Lipinski definition) is 1. The number of aliphatic hydroxyl groups is 1. The van der Waals surface area contributed by atoms with Crippen molar-refractivity contribution in [2.45, 2.75) is 51.2 Å². The summed E-state index contributed by atoms with van der Waals surface area (Å²) in [6, 6.07) is 0.247. The molecule has 2 fully saturated rings. The highest BCUT2D eigenvalue weighted by Crippen LogP contribution is 2.34. The first-order valence-electron chi connectivity index (χ1n) is 8.47. The molecule has 2 aliphatic heterocycles. The lowest BCUT2D eigenvalue weighted by Crippen LogP contribution is -2.51. The van der Waals surface area contributed by atoms with Crippen LogP contribution in [0.5, 0.6) is 0 Å². The van der Waals surface area contributed by atoms with Crippen molar-refractivity contribution in [1.29, 1.82) is 0 Å². The molecule has 0 aliphatic carbocycles. The average Bonchev–Trinajstić information content (AvgIpc) is 2.95. The van der Waals surface area contributed by atoms with Crippen molar-refractivity contribution in [3.05, 3.63) is 23.8 Å². The number of aryl methyl sites for hydroxylation is 1. The Balaban J connectivity index is 1.66. The average molecular weight is 318 g/mol. The van der Waals surface area contributed by atoms with Gasteiger partial charge in [0.15, 0.2) is 0 Å². The van der Waals surface area contributed by atoms with Crippen LogP contribution in [0.15, 0.2) is 12.4 Å². The van der Waals surface area contributed by atoms with Crippen LogP contribution in [0.4, 0.5) is 0 Å². The van der Waals surface area contributed by atoms with Crippen molar-refractivity contribution in [1.82, 2.24) is 19.8 Å². The topological polar surface area (TPSA) is 69.6 Å². The van der Waals surface area contributed by atoms with E-state index in [1.54, 1.807) is 13.1 Å². The van der Waals surface area contributed by atoms with E-state index < -0.39 is 5.60 Å². The van der Waals surface area contributed by atoms with E-state index in [4.69, 9.17) is 0 Å². The highest BCUT2D eigenvalue weighted by molar-refractivity contribution is 5.73. The molecule has 3 rings (SSSR count). The third kappa shape index (κ3) is 3.70.